The molecule has 2 aromatic rings. The second kappa shape index (κ2) is 6.33. The van der Waals surface area contributed by atoms with Gasteiger partial charge in [0.1, 0.15) is 17.1 Å². The van der Waals surface area contributed by atoms with Crippen molar-refractivity contribution in [2.24, 2.45) is 0 Å². The van der Waals surface area contributed by atoms with Gasteiger partial charge in [-0.2, -0.15) is 0 Å². The van der Waals surface area contributed by atoms with E-state index < -0.39 is 17.8 Å². The minimum Gasteiger partial charge on any atom is -0.478 e. The first-order chi connectivity index (χ1) is 11.8. The largest absolute Gasteiger partial charge is 0.478 e. The fourth-order valence-electron chi connectivity index (χ4n) is 2.40. The number of hydrogen-bond donors (Lipinski definition) is 3. The number of carboxylic acids is 1. The number of aromatic carboxylic acids is 1. The first-order valence-corrected chi connectivity index (χ1v) is 7.58. The predicted octanol–water partition coefficient (Wildman–Crippen LogP) is 1.87. The van der Waals surface area contributed by atoms with Crippen LogP contribution in [0.4, 0.5) is 0 Å². The lowest BCUT2D eigenvalue weighted by Crippen LogP contribution is -2.51. The number of hydrogen-bond acceptors (Lipinski definition) is 5. The number of amides is 2. The second-order valence-corrected chi connectivity index (χ2v) is 5.74. The number of carbonyl (C=O) groups excluding carboxylic acids is 2. The number of thiocarbonyl (C=S) groups is 1. The number of carbonyl (C=O) groups is 3. The zero-order valence-corrected chi connectivity index (χ0v) is 13.8. The van der Waals surface area contributed by atoms with Crippen molar-refractivity contribution in [3.63, 3.8) is 0 Å². The second-order valence-electron chi connectivity index (χ2n) is 5.33. The van der Waals surface area contributed by atoms with Gasteiger partial charge >= 0.3 is 5.97 Å². The zero-order valence-electron chi connectivity index (χ0n) is 13.0. The Bertz CT molecular complexity index is 936. The monoisotopic (exact) mass is 356 g/mol. The molecule has 0 saturated carbocycles. The molecule has 3 rings (SSSR count). The molecule has 1 saturated heterocycles. The van der Waals surface area contributed by atoms with Gasteiger partial charge in [0.2, 0.25) is 0 Å². The van der Waals surface area contributed by atoms with Crippen LogP contribution in [0.2, 0.25) is 0 Å². The highest BCUT2D eigenvalue weighted by molar-refractivity contribution is 7.80. The molecular weight excluding hydrogens is 344 g/mol. The highest BCUT2D eigenvalue weighted by atomic mass is 32.1. The minimum absolute atomic E-state index is 0.0403. The van der Waals surface area contributed by atoms with Crippen LogP contribution in [0, 0.1) is 6.92 Å². The van der Waals surface area contributed by atoms with Crippen LogP contribution in [0.25, 0.3) is 17.4 Å². The maximum Gasteiger partial charge on any atom is 0.335 e. The molecule has 1 aromatic carbocycles. The molecule has 0 unspecified atom stereocenters. The SMILES string of the molecule is Cc1cc(C(=O)O)ccc1-c1ccc(C=C2C(=O)NC(=S)NC2=O)o1. The molecule has 0 atom stereocenters. The Morgan fingerprint density at radius 2 is 1.84 bits per heavy atom. The summed E-state index contributed by atoms with van der Waals surface area (Å²) in [6.07, 6.45) is 1.32. The molecule has 8 heteroatoms. The summed E-state index contributed by atoms with van der Waals surface area (Å²) >= 11 is 4.73. The first-order valence-electron chi connectivity index (χ1n) is 7.17. The predicted molar refractivity (Wildman–Crippen MR) is 92.7 cm³/mol. The summed E-state index contributed by atoms with van der Waals surface area (Å²) < 4.78 is 5.66. The van der Waals surface area contributed by atoms with Gasteiger partial charge < -0.3 is 9.52 Å². The van der Waals surface area contributed by atoms with Gasteiger partial charge in [-0.15, -0.1) is 0 Å². The van der Waals surface area contributed by atoms with Crippen molar-refractivity contribution < 1.29 is 23.9 Å². The molecule has 3 N–H and O–H groups in total. The quantitative estimate of drug-likeness (QED) is 0.440. The van der Waals surface area contributed by atoms with Gasteiger partial charge in [-0.1, -0.05) is 6.07 Å². The van der Waals surface area contributed by atoms with Gasteiger partial charge in [0.25, 0.3) is 11.8 Å². The highest BCUT2D eigenvalue weighted by Crippen LogP contribution is 2.27. The minimum atomic E-state index is -1.01. The lowest BCUT2D eigenvalue weighted by Gasteiger charge is -2.15. The van der Waals surface area contributed by atoms with E-state index in [0.29, 0.717) is 17.1 Å². The van der Waals surface area contributed by atoms with E-state index in [4.69, 9.17) is 21.7 Å². The molecule has 0 radical (unpaired) electrons. The highest BCUT2D eigenvalue weighted by Gasteiger charge is 2.26. The van der Waals surface area contributed by atoms with Crippen molar-refractivity contribution >= 4 is 41.2 Å². The Balaban J connectivity index is 1.92. The summed E-state index contributed by atoms with van der Waals surface area (Å²) in [6, 6.07) is 7.96. The van der Waals surface area contributed by atoms with Gasteiger partial charge in [-0.25, -0.2) is 4.79 Å². The van der Waals surface area contributed by atoms with Gasteiger partial charge in [-0.05, 0) is 55.0 Å². The molecule has 1 aliphatic heterocycles. The van der Waals surface area contributed by atoms with E-state index in [1.165, 1.54) is 12.1 Å². The van der Waals surface area contributed by atoms with E-state index in [1.807, 2.05) is 0 Å². The maximum absolute atomic E-state index is 11.8. The zero-order chi connectivity index (χ0) is 18.1. The van der Waals surface area contributed by atoms with Gasteiger partial charge in [0.05, 0.1) is 5.56 Å². The summed E-state index contributed by atoms with van der Waals surface area (Å²) in [6.45, 7) is 1.77. The van der Waals surface area contributed by atoms with Crippen LogP contribution in [-0.2, 0) is 9.59 Å². The summed E-state index contributed by atoms with van der Waals surface area (Å²) in [5.74, 6) is -1.41. The summed E-state index contributed by atoms with van der Waals surface area (Å²) in [5, 5.41) is 13.6. The Labute approximate surface area is 147 Å². The van der Waals surface area contributed by atoms with Gasteiger partial charge in [0, 0.05) is 5.56 Å². The normalized spacial score (nSPS) is 14.1. The fourth-order valence-corrected chi connectivity index (χ4v) is 2.58. The Morgan fingerprint density at radius 3 is 2.44 bits per heavy atom. The average Bonchev–Trinajstić information content (AvgIpc) is 2.99. The van der Waals surface area contributed by atoms with E-state index in [-0.39, 0.29) is 16.2 Å². The third-order valence-corrected chi connectivity index (χ3v) is 3.80. The molecule has 1 aliphatic rings. The third-order valence-electron chi connectivity index (χ3n) is 3.60. The average molecular weight is 356 g/mol. The molecule has 7 nitrogen and oxygen atoms in total. The number of benzene rings is 1. The number of furan rings is 1. The number of rotatable bonds is 3. The number of nitrogens with one attached hydrogen (secondary N) is 2. The van der Waals surface area contributed by atoms with Crippen LogP contribution >= 0.6 is 12.2 Å². The lowest BCUT2D eigenvalue weighted by atomic mass is 10.0. The fraction of sp³-hybridized carbons (Fsp3) is 0.0588. The van der Waals surface area contributed by atoms with E-state index in [1.54, 1.807) is 31.2 Å². The molecule has 1 aromatic heterocycles. The van der Waals surface area contributed by atoms with E-state index in [0.717, 1.165) is 5.56 Å². The van der Waals surface area contributed by atoms with Crippen LogP contribution in [-0.4, -0.2) is 28.0 Å². The summed E-state index contributed by atoms with van der Waals surface area (Å²) in [7, 11) is 0. The molecule has 0 spiro atoms. The van der Waals surface area contributed by atoms with Gasteiger partial charge in [0.15, 0.2) is 5.11 Å². The maximum atomic E-state index is 11.8. The van der Waals surface area contributed by atoms with Crippen molar-refractivity contribution in [1.82, 2.24) is 10.6 Å². The Morgan fingerprint density at radius 1 is 1.16 bits per heavy atom. The van der Waals surface area contributed by atoms with Crippen LogP contribution in [0.1, 0.15) is 21.7 Å². The standard InChI is InChI=1S/C17H12N2O5S/c1-8-6-9(16(22)23)2-4-11(8)13-5-3-10(24-13)7-12-14(20)18-17(25)19-15(12)21/h2-7H,1H3,(H,22,23)(H2,18,19,20,21,25). The smallest absolute Gasteiger partial charge is 0.335 e. The summed E-state index contributed by atoms with van der Waals surface area (Å²) in [5.41, 5.74) is 1.51. The number of aryl methyl sites for hydroxylation is 1. The van der Waals surface area contributed by atoms with Crippen LogP contribution < -0.4 is 10.6 Å². The topological polar surface area (TPSA) is 109 Å². The lowest BCUT2D eigenvalue weighted by molar-refractivity contribution is -0.123. The third kappa shape index (κ3) is 3.33. The van der Waals surface area contributed by atoms with Gasteiger partial charge in [-0.3, -0.25) is 20.2 Å². The molecule has 25 heavy (non-hydrogen) atoms. The van der Waals surface area contributed by atoms with Crippen LogP contribution in [0.15, 0.2) is 40.3 Å². The van der Waals surface area contributed by atoms with Crippen LogP contribution in [0.5, 0.6) is 0 Å². The van der Waals surface area contributed by atoms with Crippen molar-refractivity contribution in [2.45, 2.75) is 6.92 Å². The molecule has 0 aliphatic carbocycles. The van der Waals surface area contributed by atoms with E-state index in [9.17, 15) is 14.4 Å². The first kappa shape index (κ1) is 16.6. The Kier molecular flexibility index (Phi) is 4.20. The van der Waals surface area contributed by atoms with E-state index in [2.05, 4.69) is 10.6 Å². The van der Waals surface area contributed by atoms with Crippen molar-refractivity contribution in [2.75, 3.05) is 0 Å². The number of carboxylic acid groups (broad SMARTS) is 1. The van der Waals surface area contributed by atoms with Crippen LogP contribution in [0.3, 0.4) is 0 Å². The van der Waals surface area contributed by atoms with Crippen molar-refractivity contribution in [3.05, 3.63) is 52.8 Å². The molecule has 2 amide bonds. The van der Waals surface area contributed by atoms with Crippen molar-refractivity contribution in [3.8, 4) is 11.3 Å². The Hall–Kier alpha value is -3.26. The molecule has 1 fully saturated rings. The molecule has 126 valence electrons. The molecule has 0 bridgehead atoms. The molecule has 2 heterocycles. The van der Waals surface area contributed by atoms with E-state index >= 15 is 0 Å². The summed E-state index contributed by atoms with van der Waals surface area (Å²) in [4.78, 5) is 34.6. The molecular formula is C17H12N2O5S. The van der Waals surface area contributed by atoms with Crippen molar-refractivity contribution in [1.29, 1.82) is 0 Å².